The first-order valence-corrected chi connectivity index (χ1v) is 12.4. The van der Waals surface area contributed by atoms with Crippen molar-refractivity contribution in [2.45, 2.75) is 19.9 Å². The molecule has 9 heteroatoms. The number of amides is 2. The zero-order chi connectivity index (χ0) is 23.8. The fourth-order valence-corrected chi connectivity index (χ4v) is 6.57. The molecular formula is C25H23N3O4S2. The lowest BCUT2D eigenvalue weighted by Crippen LogP contribution is -2.33. The van der Waals surface area contributed by atoms with Crippen LogP contribution >= 0.6 is 22.7 Å². The Kier molecular flexibility index (Phi) is 5.97. The topological polar surface area (TPSA) is 80.8 Å². The number of aromatic nitrogens is 1. The summed E-state index contributed by atoms with van der Waals surface area (Å²) >= 11 is 3.11. The molecule has 0 saturated heterocycles. The van der Waals surface area contributed by atoms with Gasteiger partial charge in [-0.05, 0) is 36.2 Å². The zero-order valence-electron chi connectivity index (χ0n) is 19.0. The first kappa shape index (κ1) is 22.4. The Labute approximate surface area is 205 Å². The zero-order valence-corrected chi connectivity index (χ0v) is 20.6. The smallest absolute Gasteiger partial charge is 0.260 e. The summed E-state index contributed by atoms with van der Waals surface area (Å²) in [4.78, 5) is 33.2. The van der Waals surface area contributed by atoms with Gasteiger partial charge in [-0.2, -0.15) is 0 Å². The first-order chi connectivity index (χ1) is 16.5. The van der Waals surface area contributed by atoms with Crippen LogP contribution < -0.4 is 14.8 Å². The van der Waals surface area contributed by atoms with E-state index in [1.165, 1.54) is 18.4 Å². The third-order valence-corrected chi connectivity index (χ3v) is 8.07. The van der Waals surface area contributed by atoms with Gasteiger partial charge in [-0.15, -0.1) is 22.7 Å². The van der Waals surface area contributed by atoms with Crippen molar-refractivity contribution in [2.24, 2.45) is 0 Å². The van der Waals surface area contributed by atoms with Gasteiger partial charge >= 0.3 is 0 Å². The quantitative estimate of drug-likeness (QED) is 0.413. The van der Waals surface area contributed by atoms with Gasteiger partial charge in [0.15, 0.2) is 11.5 Å². The third-order valence-electron chi connectivity index (χ3n) is 5.88. The van der Waals surface area contributed by atoms with Crippen molar-refractivity contribution in [3.63, 3.8) is 0 Å². The second-order valence-electron chi connectivity index (χ2n) is 7.88. The van der Waals surface area contributed by atoms with E-state index >= 15 is 0 Å². The molecule has 1 aliphatic rings. The molecule has 0 fully saturated rings. The molecule has 3 heterocycles. The molecule has 1 N–H and O–H groups in total. The highest BCUT2D eigenvalue weighted by Crippen LogP contribution is 2.46. The van der Waals surface area contributed by atoms with Crippen molar-refractivity contribution in [3.8, 4) is 22.1 Å². The fraction of sp³-hybridized carbons (Fsp3) is 0.240. The van der Waals surface area contributed by atoms with Crippen molar-refractivity contribution < 1.29 is 19.1 Å². The van der Waals surface area contributed by atoms with Crippen LogP contribution in [0.1, 0.15) is 27.7 Å². The van der Waals surface area contributed by atoms with Crippen molar-refractivity contribution in [2.75, 3.05) is 26.1 Å². The molecule has 0 spiro atoms. The minimum Gasteiger partial charge on any atom is -0.493 e. The number of hydrogen-bond donors (Lipinski definition) is 1. The molecule has 34 heavy (non-hydrogen) atoms. The summed E-state index contributed by atoms with van der Waals surface area (Å²) in [6, 6.07) is 13.2. The van der Waals surface area contributed by atoms with Gasteiger partial charge < -0.3 is 19.7 Å². The summed E-state index contributed by atoms with van der Waals surface area (Å²) in [7, 11) is 3.06. The number of methoxy groups -OCH3 is 2. The number of rotatable bonds is 5. The normalized spacial score (nSPS) is 13.0. The molecule has 2 aromatic heterocycles. The minimum absolute atomic E-state index is 0.0484. The molecule has 4 aromatic rings. The van der Waals surface area contributed by atoms with Crippen LogP contribution in [0.5, 0.6) is 11.5 Å². The van der Waals surface area contributed by atoms with E-state index < -0.39 is 0 Å². The van der Waals surface area contributed by atoms with Gasteiger partial charge in [0, 0.05) is 23.9 Å². The maximum absolute atomic E-state index is 13.4. The molecule has 7 nitrogen and oxygen atoms in total. The van der Waals surface area contributed by atoms with E-state index in [4.69, 9.17) is 14.5 Å². The van der Waals surface area contributed by atoms with E-state index in [2.05, 4.69) is 5.32 Å². The summed E-state index contributed by atoms with van der Waals surface area (Å²) in [6.45, 7) is 2.77. The Morgan fingerprint density at radius 3 is 2.62 bits per heavy atom. The van der Waals surface area contributed by atoms with E-state index in [9.17, 15) is 9.59 Å². The van der Waals surface area contributed by atoms with Crippen molar-refractivity contribution >= 4 is 49.7 Å². The SMILES string of the molecule is COc1cccc(C(=O)Nc2sc3c(c2-c2nc4ccccc4s2)CCN(C(C)=O)C3)c1OC. The maximum atomic E-state index is 13.4. The van der Waals surface area contributed by atoms with E-state index in [1.807, 2.05) is 29.2 Å². The molecule has 0 aliphatic carbocycles. The molecule has 2 aromatic carbocycles. The molecule has 174 valence electrons. The molecule has 2 amide bonds. The van der Waals surface area contributed by atoms with Gasteiger partial charge in [-0.3, -0.25) is 9.59 Å². The van der Waals surface area contributed by atoms with Gasteiger partial charge in [0.1, 0.15) is 10.0 Å². The maximum Gasteiger partial charge on any atom is 0.260 e. The van der Waals surface area contributed by atoms with Gasteiger partial charge in [0.05, 0.1) is 36.5 Å². The molecule has 0 atom stereocenters. The average molecular weight is 494 g/mol. The predicted octanol–water partition coefficient (Wildman–Crippen LogP) is 5.20. The fourth-order valence-electron chi connectivity index (χ4n) is 4.20. The second-order valence-corrected chi connectivity index (χ2v) is 10.0. The molecule has 1 aliphatic heterocycles. The van der Waals surface area contributed by atoms with Crippen LogP contribution in [0, 0.1) is 0 Å². The highest BCUT2D eigenvalue weighted by molar-refractivity contribution is 7.23. The molecule has 0 saturated carbocycles. The standard InChI is InChI=1S/C25H23N3O4S2/c1-14(29)28-12-11-15-20(13-28)34-25(21(15)24-26-17-8-4-5-10-19(17)33-24)27-23(30)16-7-6-9-18(31-2)22(16)32-3/h4-10H,11-13H2,1-3H3,(H,27,30). The average Bonchev–Trinajstić information content (AvgIpc) is 3.43. The van der Waals surface area contributed by atoms with Gasteiger partial charge in [0.25, 0.3) is 5.91 Å². The van der Waals surface area contributed by atoms with Crippen LogP contribution in [-0.4, -0.2) is 42.5 Å². The number of nitrogens with one attached hydrogen (secondary N) is 1. The summed E-state index contributed by atoms with van der Waals surface area (Å²) in [6.07, 6.45) is 0.717. The Morgan fingerprint density at radius 2 is 1.88 bits per heavy atom. The van der Waals surface area contributed by atoms with E-state index in [0.717, 1.165) is 42.7 Å². The molecule has 0 radical (unpaired) electrons. The largest absolute Gasteiger partial charge is 0.493 e. The Hall–Kier alpha value is -3.43. The summed E-state index contributed by atoms with van der Waals surface area (Å²) in [5, 5.41) is 4.69. The summed E-state index contributed by atoms with van der Waals surface area (Å²) in [5.74, 6) is 0.629. The molecular weight excluding hydrogens is 470 g/mol. The van der Waals surface area contributed by atoms with Crippen molar-refractivity contribution in [1.29, 1.82) is 0 Å². The predicted molar refractivity (Wildman–Crippen MR) is 135 cm³/mol. The number of carbonyl (C=O) groups is 2. The Bertz CT molecular complexity index is 1380. The monoisotopic (exact) mass is 493 g/mol. The van der Waals surface area contributed by atoms with Gasteiger partial charge in [-0.1, -0.05) is 18.2 Å². The Balaban J connectivity index is 1.59. The minimum atomic E-state index is -0.292. The lowest BCUT2D eigenvalue weighted by molar-refractivity contribution is -0.129. The number of hydrogen-bond acceptors (Lipinski definition) is 7. The van der Waals surface area contributed by atoms with Crippen LogP contribution in [0.15, 0.2) is 42.5 Å². The van der Waals surface area contributed by atoms with Crippen LogP contribution in [-0.2, 0) is 17.8 Å². The number of benzene rings is 2. The number of nitrogens with zero attached hydrogens (tertiary/aromatic N) is 2. The van der Waals surface area contributed by atoms with Crippen molar-refractivity contribution in [3.05, 3.63) is 58.5 Å². The molecule has 5 rings (SSSR count). The number of para-hydroxylation sites is 2. The Morgan fingerprint density at radius 1 is 1.06 bits per heavy atom. The van der Waals surface area contributed by atoms with E-state index in [0.29, 0.717) is 30.2 Å². The van der Waals surface area contributed by atoms with Crippen LogP contribution in [0.3, 0.4) is 0 Å². The van der Waals surface area contributed by atoms with Gasteiger partial charge in [-0.25, -0.2) is 4.98 Å². The molecule has 0 unspecified atom stereocenters. The van der Waals surface area contributed by atoms with Crippen molar-refractivity contribution in [1.82, 2.24) is 9.88 Å². The number of ether oxygens (including phenoxy) is 2. The van der Waals surface area contributed by atoms with Crippen LogP contribution in [0.25, 0.3) is 20.8 Å². The number of carbonyl (C=O) groups excluding carboxylic acids is 2. The first-order valence-electron chi connectivity index (χ1n) is 10.8. The van der Waals surface area contributed by atoms with Crippen LogP contribution in [0.4, 0.5) is 5.00 Å². The number of thiophene rings is 1. The summed E-state index contributed by atoms with van der Waals surface area (Å²) < 4.78 is 11.9. The lowest BCUT2D eigenvalue weighted by Gasteiger charge is -2.26. The second kappa shape index (κ2) is 9.08. The highest BCUT2D eigenvalue weighted by atomic mass is 32.1. The van der Waals surface area contributed by atoms with Crippen LogP contribution in [0.2, 0.25) is 0 Å². The van der Waals surface area contributed by atoms with E-state index in [1.54, 1.807) is 43.6 Å². The third kappa shape index (κ3) is 3.91. The number of thiazole rings is 1. The number of fused-ring (bicyclic) bond motifs is 2. The number of anilines is 1. The molecule has 0 bridgehead atoms. The van der Waals surface area contributed by atoms with E-state index in [-0.39, 0.29) is 11.8 Å². The lowest BCUT2D eigenvalue weighted by atomic mass is 10.0. The van der Waals surface area contributed by atoms with Gasteiger partial charge in [0.2, 0.25) is 5.91 Å². The highest BCUT2D eigenvalue weighted by Gasteiger charge is 2.29. The summed E-state index contributed by atoms with van der Waals surface area (Å²) in [5.41, 5.74) is 3.40.